The van der Waals surface area contributed by atoms with Gasteiger partial charge in [0.15, 0.2) is 5.78 Å². The Morgan fingerprint density at radius 3 is 2.63 bits per heavy atom. The highest BCUT2D eigenvalue weighted by Crippen LogP contribution is 2.34. The molecule has 0 saturated carbocycles. The van der Waals surface area contributed by atoms with Gasteiger partial charge in [-0.1, -0.05) is 30.7 Å². The van der Waals surface area contributed by atoms with Crippen molar-refractivity contribution in [3.63, 3.8) is 0 Å². The van der Waals surface area contributed by atoms with Gasteiger partial charge in [0.1, 0.15) is 0 Å². The second kappa shape index (κ2) is 6.53. The minimum atomic E-state index is 0.0512. The number of likely N-dealkylation sites (tertiary alicyclic amines) is 1. The molecular weight excluding hydrogens is 258 g/mol. The van der Waals surface area contributed by atoms with Gasteiger partial charge in [0.2, 0.25) is 0 Å². The Morgan fingerprint density at radius 1 is 1.37 bits per heavy atom. The fourth-order valence-electron chi connectivity index (χ4n) is 2.92. The first-order valence-corrected chi connectivity index (χ1v) is 7.53. The van der Waals surface area contributed by atoms with Crippen LogP contribution in [0.15, 0.2) is 18.2 Å². The number of nitrogens with zero attached hydrogens (tertiary/aromatic N) is 1. The lowest BCUT2D eigenvalue weighted by atomic mass is 9.88. The van der Waals surface area contributed by atoms with Gasteiger partial charge in [0, 0.05) is 5.56 Å². The molecule has 1 heterocycles. The van der Waals surface area contributed by atoms with E-state index in [2.05, 4.69) is 17.9 Å². The predicted octanol–water partition coefficient (Wildman–Crippen LogP) is 4.13. The molecule has 0 atom stereocenters. The molecule has 2 nitrogen and oxygen atoms in total. The third-order valence-electron chi connectivity index (χ3n) is 3.98. The van der Waals surface area contributed by atoms with Gasteiger partial charge in [-0.05, 0) is 63.4 Å². The molecule has 0 amide bonds. The topological polar surface area (TPSA) is 20.3 Å². The smallest absolute Gasteiger partial charge is 0.161 e. The van der Waals surface area contributed by atoms with Crippen molar-refractivity contribution in [1.82, 2.24) is 4.90 Å². The zero-order valence-corrected chi connectivity index (χ0v) is 12.5. The third kappa shape index (κ3) is 3.37. The molecule has 1 aliphatic rings. The van der Waals surface area contributed by atoms with Crippen LogP contribution < -0.4 is 0 Å². The lowest BCUT2D eigenvalue weighted by Crippen LogP contribution is -2.33. The Bertz CT molecular complexity index is 450. The van der Waals surface area contributed by atoms with Gasteiger partial charge in [-0.15, -0.1) is 0 Å². The molecule has 1 fully saturated rings. The Labute approximate surface area is 120 Å². The molecule has 0 radical (unpaired) electrons. The van der Waals surface area contributed by atoms with E-state index < -0.39 is 0 Å². The summed E-state index contributed by atoms with van der Waals surface area (Å²) in [5.74, 6) is 0.551. The monoisotopic (exact) mass is 279 g/mol. The second-order valence-corrected chi connectivity index (χ2v) is 5.76. The molecule has 0 bridgehead atoms. The van der Waals surface area contributed by atoms with E-state index in [4.69, 9.17) is 11.6 Å². The van der Waals surface area contributed by atoms with Crippen molar-refractivity contribution < 1.29 is 4.79 Å². The molecule has 1 aromatic rings. The Kier molecular flexibility index (Phi) is 5.00. The highest BCUT2D eigenvalue weighted by molar-refractivity contribution is 6.34. The highest BCUT2D eigenvalue weighted by Gasteiger charge is 2.23. The maximum atomic E-state index is 11.5. The molecule has 1 saturated heterocycles. The quantitative estimate of drug-likeness (QED) is 0.773. The SMILES string of the molecule is CCCN1CCC(c2cccc(C(C)=O)c2Cl)CC1. The number of halogens is 1. The van der Waals surface area contributed by atoms with Gasteiger partial charge in [-0.25, -0.2) is 0 Å². The van der Waals surface area contributed by atoms with Crippen molar-refractivity contribution in [3.8, 4) is 0 Å². The Morgan fingerprint density at radius 2 is 2.05 bits per heavy atom. The van der Waals surface area contributed by atoms with Crippen LogP contribution in [-0.4, -0.2) is 30.3 Å². The molecule has 1 aromatic carbocycles. The first-order chi connectivity index (χ1) is 9.13. The summed E-state index contributed by atoms with van der Waals surface area (Å²) in [4.78, 5) is 14.1. The number of ketones is 1. The Balaban J connectivity index is 2.11. The first-order valence-electron chi connectivity index (χ1n) is 7.15. The van der Waals surface area contributed by atoms with Gasteiger partial charge in [-0.3, -0.25) is 4.79 Å². The Hall–Kier alpha value is -0.860. The summed E-state index contributed by atoms with van der Waals surface area (Å²) in [5, 5.41) is 0.670. The first kappa shape index (κ1) is 14.5. The van der Waals surface area contributed by atoms with Gasteiger partial charge in [0.05, 0.1) is 5.02 Å². The summed E-state index contributed by atoms with van der Waals surface area (Å²) in [7, 11) is 0. The van der Waals surface area contributed by atoms with E-state index in [9.17, 15) is 4.79 Å². The predicted molar refractivity (Wildman–Crippen MR) is 80.2 cm³/mol. The summed E-state index contributed by atoms with van der Waals surface area (Å²) < 4.78 is 0. The second-order valence-electron chi connectivity index (χ2n) is 5.38. The van der Waals surface area contributed by atoms with E-state index in [1.807, 2.05) is 12.1 Å². The summed E-state index contributed by atoms with van der Waals surface area (Å²) in [6, 6.07) is 5.85. The summed E-state index contributed by atoms with van der Waals surface area (Å²) in [5.41, 5.74) is 1.82. The summed E-state index contributed by atoms with van der Waals surface area (Å²) in [6.45, 7) is 7.26. The molecular formula is C16H22ClNO. The van der Waals surface area contributed by atoms with Gasteiger partial charge in [-0.2, -0.15) is 0 Å². The van der Waals surface area contributed by atoms with Crippen LogP contribution in [0, 0.1) is 0 Å². The maximum absolute atomic E-state index is 11.5. The van der Waals surface area contributed by atoms with Gasteiger partial charge >= 0.3 is 0 Å². The van der Waals surface area contributed by atoms with Crippen molar-refractivity contribution >= 4 is 17.4 Å². The summed E-state index contributed by atoms with van der Waals surface area (Å²) in [6.07, 6.45) is 3.49. The van der Waals surface area contributed by atoms with Crippen LogP contribution in [0.1, 0.15) is 54.9 Å². The van der Waals surface area contributed by atoms with E-state index >= 15 is 0 Å². The highest BCUT2D eigenvalue weighted by atomic mass is 35.5. The molecule has 0 unspecified atom stereocenters. The average Bonchev–Trinajstić information content (AvgIpc) is 2.40. The standard InChI is InChI=1S/C16H22ClNO/c1-3-9-18-10-7-13(8-11-18)15-6-4-5-14(12(2)19)16(15)17/h4-6,13H,3,7-11H2,1-2H3. The summed E-state index contributed by atoms with van der Waals surface area (Å²) >= 11 is 6.40. The van der Waals surface area contributed by atoms with Crippen LogP contribution in [0.2, 0.25) is 5.02 Å². The number of carbonyl (C=O) groups excluding carboxylic acids is 1. The number of rotatable bonds is 4. The minimum Gasteiger partial charge on any atom is -0.303 e. The fraction of sp³-hybridized carbons (Fsp3) is 0.562. The van der Waals surface area contributed by atoms with Crippen molar-refractivity contribution in [2.45, 2.75) is 39.0 Å². The maximum Gasteiger partial charge on any atom is 0.161 e. The molecule has 0 aromatic heterocycles. The van der Waals surface area contributed by atoms with Crippen LogP contribution in [0.5, 0.6) is 0 Å². The largest absolute Gasteiger partial charge is 0.303 e. The fourth-order valence-corrected chi connectivity index (χ4v) is 3.33. The number of benzene rings is 1. The molecule has 2 rings (SSSR count). The van der Waals surface area contributed by atoms with Gasteiger partial charge in [0.25, 0.3) is 0 Å². The van der Waals surface area contributed by atoms with Gasteiger partial charge < -0.3 is 4.90 Å². The lowest BCUT2D eigenvalue weighted by Gasteiger charge is -2.32. The van der Waals surface area contributed by atoms with Crippen LogP contribution in [0.25, 0.3) is 0 Å². The normalized spacial score (nSPS) is 17.6. The van der Waals surface area contributed by atoms with Crippen LogP contribution in [0.4, 0.5) is 0 Å². The van der Waals surface area contributed by atoms with E-state index in [1.165, 1.54) is 13.0 Å². The van der Waals surface area contributed by atoms with Crippen molar-refractivity contribution in [3.05, 3.63) is 34.3 Å². The molecule has 3 heteroatoms. The number of Topliss-reactive ketones (excluding diaryl/α,β-unsaturated/α-hetero) is 1. The van der Waals surface area contributed by atoms with E-state index in [0.29, 0.717) is 16.5 Å². The molecule has 19 heavy (non-hydrogen) atoms. The number of carbonyl (C=O) groups is 1. The van der Waals surface area contributed by atoms with Crippen molar-refractivity contribution in [1.29, 1.82) is 0 Å². The molecule has 104 valence electrons. The van der Waals surface area contributed by atoms with Crippen LogP contribution >= 0.6 is 11.6 Å². The zero-order valence-electron chi connectivity index (χ0n) is 11.8. The number of piperidine rings is 1. The molecule has 0 aliphatic carbocycles. The van der Waals surface area contributed by atoms with Crippen molar-refractivity contribution in [2.24, 2.45) is 0 Å². The molecule has 0 N–H and O–H groups in total. The third-order valence-corrected chi connectivity index (χ3v) is 4.40. The van der Waals surface area contributed by atoms with E-state index in [-0.39, 0.29) is 5.78 Å². The molecule has 0 spiro atoms. The number of hydrogen-bond donors (Lipinski definition) is 0. The molecule has 1 aliphatic heterocycles. The van der Waals surface area contributed by atoms with E-state index in [0.717, 1.165) is 31.5 Å². The van der Waals surface area contributed by atoms with Crippen molar-refractivity contribution in [2.75, 3.05) is 19.6 Å². The number of hydrogen-bond acceptors (Lipinski definition) is 2. The average molecular weight is 280 g/mol. The lowest BCUT2D eigenvalue weighted by molar-refractivity contribution is 0.101. The zero-order chi connectivity index (χ0) is 13.8. The van der Waals surface area contributed by atoms with Crippen LogP contribution in [-0.2, 0) is 0 Å². The van der Waals surface area contributed by atoms with Crippen LogP contribution in [0.3, 0.4) is 0 Å². The minimum absolute atomic E-state index is 0.0512. The van der Waals surface area contributed by atoms with E-state index in [1.54, 1.807) is 6.92 Å².